The minimum atomic E-state index is -1.02. The van der Waals surface area contributed by atoms with Gasteiger partial charge in [0.2, 0.25) is 0 Å². The van der Waals surface area contributed by atoms with Gasteiger partial charge in [0.05, 0.1) is 21.0 Å². The van der Waals surface area contributed by atoms with E-state index >= 15 is 0 Å². The van der Waals surface area contributed by atoms with Crippen molar-refractivity contribution in [3.05, 3.63) is 70.1 Å². The van der Waals surface area contributed by atoms with Crippen molar-refractivity contribution in [2.45, 2.75) is 0 Å². The Morgan fingerprint density at radius 2 is 1.93 bits per heavy atom. The maximum absolute atomic E-state index is 12.8. The van der Waals surface area contributed by atoms with Gasteiger partial charge in [0, 0.05) is 6.08 Å². The maximum atomic E-state index is 12.8. The number of carboxylic acids is 1. The molecule has 5 nitrogen and oxygen atoms in total. The number of thiophene rings is 1. The van der Waals surface area contributed by atoms with E-state index in [0.29, 0.717) is 20.7 Å². The summed E-state index contributed by atoms with van der Waals surface area (Å²) in [6, 6.07) is 13.6. The van der Waals surface area contributed by atoms with Crippen LogP contribution >= 0.6 is 35.3 Å². The zero-order chi connectivity index (χ0) is 19.0. The van der Waals surface area contributed by atoms with Crippen molar-refractivity contribution in [1.82, 2.24) is 0 Å². The summed E-state index contributed by atoms with van der Waals surface area (Å²) in [6.07, 6.45) is 1.67. The predicted octanol–water partition coefficient (Wildman–Crippen LogP) is 5.11. The Hall–Kier alpha value is -2.68. The van der Waals surface area contributed by atoms with Crippen molar-refractivity contribution in [3.8, 4) is 10.6 Å². The molecule has 8 heteroatoms. The van der Waals surface area contributed by atoms with Crippen molar-refractivity contribution in [2.24, 2.45) is 0 Å². The van der Waals surface area contributed by atoms with Gasteiger partial charge in [-0.2, -0.15) is 0 Å². The van der Waals surface area contributed by atoms with Crippen LogP contribution in [0.25, 0.3) is 16.7 Å². The van der Waals surface area contributed by atoms with E-state index < -0.39 is 5.97 Å². The van der Waals surface area contributed by atoms with Crippen LogP contribution in [-0.2, 0) is 4.79 Å². The van der Waals surface area contributed by atoms with E-state index in [-0.39, 0.29) is 11.5 Å². The summed E-state index contributed by atoms with van der Waals surface area (Å²) >= 11 is 8.09. The molecule has 134 valence electrons. The maximum Gasteiger partial charge on any atom is 0.335 e. The van der Waals surface area contributed by atoms with Gasteiger partial charge in [0.15, 0.2) is 4.32 Å². The zero-order valence-corrected chi connectivity index (χ0v) is 16.1. The van der Waals surface area contributed by atoms with E-state index in [1.165, 1.54) is 28.8 Å². The van der Waals surface area contributed by atoms with Gasteiger partial charge in [-0.3, -0.25) is 9.69 Å². The Balaban J connectivity index is 1.59. The van der Waals surface area contributed by atoms with Crippen molar-refractivity contribution < 1.29 is 19.1 Å². The summed E-state index contributed by atoms with van der Waals surface area (Å²) in [4.78, 5) is 26.6. The highest BCUT2D eigenvalue weighted by Gasteiger charge is 2.33. The number of furan rings is 1. The molecule has 0 bridgehead atoms. The molecule has 3 heterocycles. The molecule has 0 unspecified atom stereocenters. The van der Waals surface area contributed by atoms with E-state index in [4.69, 9.17) is 21.7 Å². The van der Waals surface area contributed by atoms with Gasteiger partial charge in [-0.1, -0.05) is 30.0 Å². The summed E-state index contributed by atoms with van der Waals surface area (Å²) in [5.74, 6) is 0.0319. The van der Waals surface area contributed by atoms with Crippen LogP contribution in [0.2, 0.25) is 0 Å². The van der Waals surface area contributed by atoms with Crippen LogP contribution in [0.3, 0.4) is 0 Å². The Bertz CT molecular complexity index is 1060. The first-order valence-corrected chi connectivity index (χ1v) is 9.88. The van der Waals surface area contributed by atoms with Crippen LogP contribution in [0.15, 0.2) is 63.2 Å². The molecular formula is C19H11NO4S3. The van der Waals surface area contributed by atoms with Crippen LogP contribution in [0.1, 0.15) is 16.1 Å². The molecule has 0 atom stereocenters. The van der Waals surface area contributed by atoms with E-state index in [9.17, 15) is 9.59 Å². The van der Waals surface area contributed by atoms with Gasteiger partial charge in [-0.25, -0.2) is 4.79 Å². The number of nitrogens with zero attached hydrogens (tertiary/aromatic N) is 1. The fourth-order valence-corrected chi connectivity index (χ4v) is 4.52. The molecule has 1 amide bonds. The smallest absolute Gasteiger partial charge is 0.335 e. The molecule has 4 rings (SSSR count). The zero-order valence-electron chi connectivity index (χ0n) is 13.6. The van der Waals surface area contributed by atoms with Gasteiger partial charge >= 0.3 is 5.97 Å². The number of thiocarbonyl (C=S) groups is 1. The molecule has 3 aromatic rings. The predicted molar refractivity (Wildman–Crippen MR) is 111 cm³/mol. The second kappa shape index (κ2) is 7.15. The Morgan fingerprint density at radius 3 is 2.59 bits per heavy atom. The molecule has 1 aliphatic heterocycles. The standard InChI is InChI=1S/C19H11NO4S3/c21-17-16(10-13-7-8-14(24-13)15-2-1-9-26-15)27-19(25)20(17)12-5-3-11(4-6-12)18(22)23/h1-10H,(H,22,23). The quantitative estimate of drug-likeness (QED) is 0.473. The van der Waals surface area contributed by atoms with E-state index in [2.05, 4.69) is 0 Å². The number of carbonyl (C=O) groups is 2. The minimum Gasteiger partial charge on any atom is -0.478 e. The number of carbonyl (C=O) groups excluding carboxylic acids is 1. The Kier molecular flexibility index (Phi) is 4.69. The summed E-state index contributed by atoms with van der Waals surface area (Å²) < 4.78 is 6.19. The van der Waals surface area contributed by atoms with Crippen molar-refractivity contribution >= 4 is 63.3 Å². The molecule has 1 aromatic carbocycles. The molecule has 0 spiro atoms. The number of hydrogen-bond donors (Lipinski definition) is 1. The summed E-state index contributed by atoms with van der Waals surface area (Å²) in [5.41, 5.74) is 0.682. The number of benzene rings is 1. The number of aromatic carboxylic acids is 1. The SMILES string of the molecule is O=C(O)c1ccc(N2C(=O)C(=Cc3ccc(-c4cccs4)o3)SC2=S)cc1. The van der Waals surface area contributed by atoms with Crippen LogP contribution in [0, 0.1) is 0 Å². The van der Waals surface area contributed by atoms with Crippen molar-refractivity contribution in [2.75, 3.05) is 4.90 Å². The monoisotopic (exact) mass is 413 g/mol. The molecular weight excluding hydrogens is 402 g/mol. The lowest BCUT2D eigenvalue weighted by Gasteiger charge is -2.14. The average Bonchev–Trinajstić information content (AvgIpc) is 3.37. The molecule has 0 radical (unpaired) electrons. The second-order valence-electron chi connectivity index (χ2n) is 5.55. The number of hydrogen-bond acceptors (Lipinski definition) is 6. The Morgan fingerprint density at radius 1 is 1.15 bits per heavy atom. The van der Waals surface area contributed by atoms with Crippen LogP contribution in [0.4, 0.5) is 5.69 Å². The molecule has 2 aromatic heterocycles. The van der Waals surface area contributed by atoms with E-state index in [0.717, 1.165) is 10.6 Å². The van der Waals surface area contributed by atoms with E-state index in [1.54, 1.807) is 29.5 Å². The number of amides is 1. The fourth-order valence-electron chi connectivity index (χ4n) is 2.55. The summed E-state index contributed by atoms with van der Waals surface area (Å²) in [5, 5.41) is 11.0. The fraction of sp³-hybridized carbons (Fsp3) is 0. The van der Waals surface area contributed by atoms with Gasteiger partial charge < -0.3 is 9.52 Å². The third-order valence-electron chi connectivity index (χ3n) is 3.83. The first-order chi connectivity index (χ1) is 13.0. The van der Waals surface area contributed by atoms with Crippen LogP contribution in [0.5, 0.6) is 0 Å². The molecule has 0 saturated carbocycles. The normalized spacial score (nSPS) is 15.7. The van der Waals surface area contributed by atoms with E-state index in [1.807, 2.05) is 29.6 Å². The number of thioether (sulfide) groups is 1. The summed E-state index contributed by atoms with van der Waals surface area (Å²) in [7, 11) is 0. The summed E-state index contributed by atoms with van der Waals surface area (Å²) in [6.45, 7) is 0. The first kappa shape index (κ1) is 17.7. The first-order valence-electron chi connectivity index (χ1n) is 7.78. The topological polar surface area (TPSA) is 70.8 Å². The molecule has 0 aliphatic carbocycles. The van der Waals surface area contributed by atoms with Gasteiger partial charge in [-0.15, -0.1) is 11.3 Å². The average molecular weight is 414 g/mol. The van der Waals surface area contributed by atoms with Gasteiger partial charge in [-0.05, 0) is 47.8 Å². The molecule has 1 aliphatic rings. The lowest BCUT2D eigenvalue weighted by Crippen LogP contribution is -2.27. The minimum absolute atomic E-state index is 0.149. The van der Waals surface area contributed by atoms with Crippen LogP contribution in [-0.4, -0.2) is 21.3 Å². The third kappa shape index (κ3) is 3.46. The number of anilines is 1. The second-order valence-corrected chi connectivity index (χ2v) is 8.17. The molecule has 1 saturated heterocycles. The lowest BCUT2D eigenvalue weighted by atomic mass is 10.2. The lowest BCUT2D eigenvalue weighted by molar-refractivity contribution is -0.113. The number of carboxylic acid groups (broad SMARTS) is 1. The van der Waals surface area contributed by atoms with Crippen molar-refractivity contribution in [1.29, 1.82) is 0 Å². The molecule has 1 fully saturated rings. The van der Waals surface area contributed by atoms with Gasteiger partial charge in [0.25, 0.3) is 5.91 Å². The highest BCUT2D eigenvalue weighted by Crippen LogP contribution is 2.37. The third-order valence-corrected chi connectivity index (χ3v) is 6.02. The van der Waals surface area contributed by atoms with Crippen molar-refractivity contribution in [3.63, 3.8) is 0 Å². The molecule has 1 N–H and O–H groups in total. The number of rotatable bonds is 4. The largest absolute Gasteiger partial charge is 0.478 e. The Labute approximate surface area is 167 Å². The molecule has 27 heavy (non-hydrogen) atoms. The van der Waals surface area contributed by atoms with Crippen LogP contribution < -0.4 is 4.90 Å². The highest BCUT2D eigenvalue weighted by molar-refractivity contribution is 8.27. The van der Waals surface area contributed by atoms with Gasteiger partial charge in [0.1, 0.15) is 11.5 Å². The highest BCUT2D eigenvalue weighted by atomic mass is 32.2.